The summed E-state index contributed by atoms with van der Waals surface area (Å²) in [6, 6.07) is 0. The Morgan fingerprint density at radius 1 is 1.55 bits per heavy atom. The van der Waals surface area contributed by atoms with Crippen molar-refractivity contribution in [3.63, 3.8) is 0 Å². The summed E-state index contributed by atoms with van der Waals surface area (Å²) in [6.07, 6.45) is 2.72. The van der Waals surface area contributed by atoms with Crippen LogP contribution in [0.4, 0.5) is 0 Å². The number of carbonyl (C=O) groups is 1. The van der Waals surface area contributed by atoms with Gasteiger partial charge in [-0.25, -0.2) is 4.79 Å². The quantitative estimate of drug-likeness (QED) is 0.353. The number of hydrogen-bond donors (Lipinski definition) is 0. The van der Waals surface area contributed by atoms with Crippen LogP contribution in [0.3, 0.4) is 0 Å². The van der Waals surface area contributed by atoms with Gasteiger partial charge in [0.15, 0.2) is 0 Å². The van der Waals surface area contributed by atoms with E-state index < -0.39 is 0 Å². The van der Waals surface area contributed by atoms with Crippen LogP contribution in [0.25, 0.3) is 0 Å². The van der Waals surface area contributed by atoms with Crippen LogP contribution >= 0.6 is 0 Å². The molecule has 0 heterocycles. The molecule has 0 unspecified atom stereocenters. The lowest BCUT2D eigenvalue weighted by Gasteiger charge is -2.02. The third-order valence-electron chi connectivity index (χ3n) is 0.841. The first-order chi connectivity index (χ1) is 5.16. The van der Waals surface area contributed by atoms with Crippen LogP contribution in [0.2, 0.25) is 0 Å². The van der Waals surface area contributed by atoms with Gasteiger partial charge in [0, 0.05) is 0 Å². The second kappa shape index (κ2) is 5.77. The van der Waals surface area contributed by atoms with Crippen LogP contribution in [0, 0.1) is 0 Å². The summed E-state index contributed by atoms with van der Waals surface area (Å²) >= 11 is 0. The smallest absolute Gasteiger partial charge is 0.333 e. The largest absolute Gasteiger partial charge is 0.498 e. The number of hydrogen-bond acceptors (Lipinski definition) is 3. The molecule has 64 valence electrons. The summed E-state index contributed by atoms with van der Waals surface area (Å²) in [4.78, 5) is 10.6. The lowest BCUT2D eigenvalue weighted by molar-refractivity contribution is -0.137. The molecule has 0 saturated carbocycles. The van der Waals surface area contributed by atoms with Crippen LogP contribution in [-0.4, -0.2) is 18.7 Å². The predicted octanol–water partition coefficient (Wildman–Crippen LogP) is 1.49. The maximum atomic E-state index is 10.6. The Morgan fingerprint density at radius 3 is 2.64 bits per heavy atom. The maximum Gasteiger partial charge on any atom is 0.333 e. The molecular weight excluding hydrogens is 144 g/mol. The van der Waals surface area contributed by atoms with E-state index in [1.807, 2.05) is 13.8 Å². The monoisotopic (exact) mass is 158 g/mol. The molecule has 3 nitrogen and oxygen atoms in total. The van der Waals surface area contributed by atoms with Gasteiger partial charge in [0.05, 0.1) is 25.0 Å². The van der Waals surface area contributed by atoms with Crippen molar-refractivity contribution in [2.75, 3.05) is 6.61 Å². The van der Waals surface area contributed by atoms with Gasteiger partial charge in [0.1, 0.15) is 0 Å². The highest BCUT2D eigenvalue weighted by Crippen LogP contribution is 1.89. The SMILES string of the molecule is CCOC(=O)/C=C/OC(C)C. The van der Waals surface area contributed by atoms with Crippen molar-refractivity contribution in [1.29, 1.82) is 0 Å². The van der Waals surface area contributed by atoms with Crippen molar-refractivity contribution in [2.24, 2.45) is 0 Å². The molecule has 3 heteroatoms. The summed E-state index contributed by atoms with van der Waals surface area (Å²) in [5.41, 5.74) is 0. The first-order valence-electron chi connectivity index (χ1n) is 3.65. The van der Waals surface area contributed by atoms with E-state index in [0.29, 0.717) is 6.61 Å². The molecule has 0 rings (SSSR count). The number of carbonyl (C=O) groups excluding carboxylic acids is 1. The highest BCUT2D eigenvalue weighted by molar-refractivity contribution is 5.81. The Kier molecular flexibility index (Phi) is 5.25. The Labute approximate surface area is 67.0 Å². The zero-order valence-electron chi connectivity index (χ0n) is 7.16. The highest BCUT2D eigenvalue weighted by Gasteiger charge is 1.93. The van der Waals surface area contributed by atoms with E-state index in [4.69, 9.17) is 4.74 Å². The van der Waals surface area contributed by atoms with Crippen molar-refractivity contribution in [3.8, 4) is 0 Å². The molecule has 0 spiro atoms. The minimum atomic E-state index is -0.367. The molecular formula is C8H14O3. The molecule has 0 N–H and O–H groups in total. The third-order valence-corrected chi connectivity index (χ3v) is 0.841. The average molecular weight is 158 g/mol. The Morgan fingerprint density at radius 2 is 2.18 bits per heavy atom. The fraction of sp³-hybridized carbons (Fsp3) is 0.625. The number of esters is 1. The molecule has 0 bridgehead atoms. The first kappa shape index (κ1) is 10.0. The summed E-state index contributed by atoms with van der Waals surface area (Å²) in [6.45, 7) is 5.92. The fourth-order valence-corrected chi connectivity index (χ4v) is 0.442. The van der Waals surface area contributed by atoms with Crippen molar-refractivity contribution < 1.29 is 14.3 Å². The van der Waals surface area contributed by atoms with E-state index in [1.54, 1.807) is 6.92 Å². The van der Waals surface area contributed by atoms with Crippen molar-refractivity contribution in [2.45, 2.75) is 26.9 Å². The zero-order valence-corrected chi connectivity index (χ0v) is 7.16. The maximum absolute atomic E-state index is 10.6. The van der Waals surface area contributed by atoms with Gasteiger partial charge in [-0.3, -0.25) is 0 Å². The molecule has 0 aromatic heterocycles. The second-order valence-electron chi connectivity index (χ2n) is 2.24. The number of rotatable bonds is 4. The molecule has 0 atom stereocenters. The average Bonchev–Trinajstić information content (AvgIpc) is 1.87. The van der Waals surface area contributed by atoms with E-state index in [-0.39, 0.29) is 12.1 Å². The van der Waals surface area contributed by atoms with Gasteiger partial charge >= 0.3 is 5.97 Å². The Bertz CT molecular complexity index is 138. The molecule has 0 saturated heterocycles. The highest BCUT2D eigenvalue weighted by atomic mass is 16.5. The predicted molar refractivity (Wildman–Crippen MR) is 42.0 cm³/mol. The van der Waals surface area contributed by atoms with Gasteiger partial charge in [-0.1, -0.05) is 0 Å². The normalized spacial score (nSPS) is 10.5. The topological polar surface area (TPSA) is 35.5 Å². The molecule has 11 heavy (non-hydrogen) atoms. The van der Waals surface area contributed by atoms with Gasteiger partial charge in [-0.2, -0.15) is 0 Å². The molecule has 0 aliphatic rings. The molecule has 0 aromatic rings. The van der Waals surface area contributed by atoms with E-state index in [0.717, 1.165) is 0 Å². The van der Waals surface area contributed by atoms with Gasteiger partial charge in [0.2, 0.25) is 0 Å². The van der Waals surface area contributed by atoms with E-state index in [2.05, 4.69) is 4.74 Å². The van der Waals surface area contributed by atoms with Crippen molar-refractivity contribution in [1.82, 2.24) is 0 Å². The number of ether oxygens (including phenoxy) is 2. The Balaban J connectivity index is 3.48. The van der Waals surface area contributed by atoms with Crippen LogP contribution in [0.5, 0.6) is 0 Å². The van der Waals surface area contributed by atoms with Gasteiger partial charge < -0.3 is 9.47 Å². The van der Waals surface area contributed by atoms with Crippen molar-refractivity contribution >= 4 is 5.97 Å². The lowest BCUT2D eigenvalue weighted by atomic mass is 10.5. The molecule has 0 fully saturated rings. The van der Waals surface area contributed by atoms with Gasteiger partial charge in [0.25, 0.3) is 0 Å². The summed E-state index contributed by atoms with van der Waals surface area (Å²) in [7, 11) is 0. The summed E-state index contributed by atoms with van der Waals surface area (Å²) < 4.78 is 9.60. The molecule has 0 aliphatic heterocycles. The molecule has 0 amide bonds. The minimum absolute atomic E-state index is 0.0978. The molecule has 0 aliphatic carbocycles. The Hall–Kier alpha value is -0.990. The van der Waals surface area contributed by atoms with Gasteiger partial charge in [-0.15, -0.1) is 0 Å². The molecule has 0 radical (unpaired) electrons. The summed E-state index contributed by atoms with van der Waals surface area (Å²) in [5, 5.41) is 0. The minimum Gasteiger partial charge on any atom is -0.498 e. The van der Waals surface area contributed by atoms with E-state index >= 15 is 0 Å². The second-order valence-corrected chi connectivity index (χ2v) is 2.24. The van der Waals surface area contributed by atoms with Crippen LogP contribution in [0.1, 0.15) is 20.8 Å². The lowest BCUT2D eigenvalue weighted by Crippen LogP contribution is -2.01. The fourth-order valence-electron chi connectivity index (χ4n) is 0.442. The van der Waals surface area contributed by atoms with Crippen LogP contribution in [0.15, 0.2) is 12.3 Å². The van der Waals surface area contributed by atoms with Gasteiger partial charge in [-0.05, 0) is 20.8 Å². The van der Waals surface area contributed by atoms with E-state index in [1.165, 1.54) is 12.3 Å². The summed E-state index contributed by atoms with van der Waals surface area (Å²) in [5.74, 6) is -0.367. The standard InChI is InChI=1S/C8H14O3/c1-4-10-8(9)5-6-11-7(2)3/h5-7H,4H2,1-3H3/b6-5+. The van der Waals surface area contributed by atoms with Crippen LogP contribution < -0.4 is 0 Å². The van der Waals surface area contributed by atoms with Crippen molar-refractivity contribution in [3.05, 3.63) is 12.3 Å². The zero-order chi connectivity index (χ0) is 8.69. The first-order valence-corrected chi connectivity index (χ1v) is 3.65. The van der Waals surface area contributed by atoms with Crippen LogP contribution in [-0.2, 0) is 14.3 Å². The van der Waals surface area contributed by atoms with E-state index in [9.17, 15) is 4.79 Å². The third kappa shape index (κ3) is 6.90. The molecule has 0 aromatic carbocycles.